The number of hydrogen-bond donors (Lipinski definition) is 1. The van der Waals surface area contributed by atoms with Crippen molar-refractivity contribution in [3.63, 3.8) is 0 Å². The molecule has 1 N–H and O–H groups in total. The molecule has 33 heavy (non-hydrogen) atoms. The van der Waals surface area contributed by atoms with Crippen LogP contribution in [0.4, 0.5) is 26.3 Å². The van der Waals surface area contributed by atoms with Crippen molar-refractivity contribution >= 4 is 5.91 Å². The van der Waals surface area contributed by atoms with Gasteiger partial charge in [0, 0.05) is 25.7 Å². The second-order valence-corrected chi connectivity index (χ2v) is 7.95. The summed E-state index contributed by atoms with van der Waals surface area (Å²) in [6, 6.07) is 10.9. The number of carbonyl (C=O) groups excluding carboxylic acids is 1. The van der Waals surface area contributed by atoms with E-state index in [1.165, 1.54) is 5.56 Å². The summed E-state index contributed by atoms with van der Waals surface area (Å²) in [5.41, 5.74) is -1.74. The summed E-state index contributed by atoms with van der Waals surface area (Å²) in [6.07, 6.45) is -7.64. The van der Waals surface area contributed by atoms with Crippen LogP contribution in [0.1, 0.15) is 29.5 Å². The van der Waals surface area contributed by atoms with Crippen molar-refractivity contribution in [2.75, 3.05) is 26.2 Å². The Labute approximate surface area is 187 Å². The monoisotopic (exact) mass is 474 g/mol. The standard InChI is InChI=1S/C23H24F6N2O2/c24-22(25,26)17-12-18(23(27,28)29)14-20(13-17)33-15-21(32)30-19-7-10-31(11-8-19)9-6-16-4-2-1-3-5-16/h1-5,12-14,19H,6-11,15H2,(H,30,32). The van der Waals surface area contributed by atoms with E-state index in [1.807, 2.05) is 18.2 Å². The van der Waals surface area contributed by atoms with Gasteiger partial charge in [0.15, 0.2) is 6.61 Å². The number of amides is 1. The van der Waals surface area contributed by atoms with E-state index in [0.29, 0.717) is 25.0 Å². The lowest BCUT2D eigenvalue weighted by Crippen LogP contribution is -2.46. The highest BCUT2D eigenvalue weighted by Gasteiger charge is 2.37. The average Bonchev–Trinajstić information content (AvgIpc) is 2.76. The predicted octanol–water partition coefficient (Wildman–Crippen LogP) is 4.93. The van der Waals surface area contributed by atoms with Gasteiger partial charge in [-0.1, -0.05) is 30.3 Å². The van der Waals surface area contributed by atoms with Gasteiger partial charge >= 0.3 is 12.4 Å². The lowest BCUT2D eigenvalue weighted by Gasteiger charge is -2.32. The van der Waals surface area contributed by atoms with Gasteiger partial charge in [-0.05, 0) is 43.0 Å². The summed E-state index contributed by atoms with van der Waals surface area (Å²) >= 11 is 0. The number of piperidine rings is 1. The average molecular weight is 474 g/mol. The lowest BCUT2D eigenvalue weighted by atomic mass is 10.0. The molecule has 0 aromatic heterocycles. The van der Waals surface area contributed by atoms with Gasteiger partial charge in [0.2, 0.25) is 0 Å². The molecule has 1 fully saturated rings. The van der Waals surface area contributed by atoms with Crippen LogP contribution in [0, 0.1) is 0 Å². The minimum absolute atomic E-state index is 0.0124. The largest absolute Gasteiger partial charge is 0.484 e. The first-order valence-electron chi connectivity index (χ1n) is 10.5. The molecule has 1 amide bonds. The zero-order valence-corrected chi connectivity index (χ0v) is 17.7. The normalized spacial score (nSPS) is 15.9. The number of ether oxygens (including phenoxy) is 1. The van der Waals surface area contributed by atoms with Gasteiger partial charge < -0.3 is 15.0 Å². The molecule has 180 valence electrons. The van der Waals surface area contributed by atoms with E-state index in [4.69, 9.17) is 4.74 Å². The van der Waals surface area contributed by atoms with Crippen molar-refractivity contribution < 1.29 is 35.9 Å². The molecular formula is C23H24F6N2O2. The first kappa shape index (κ1) is 24.9. The molecule has 1 heterocycles. The minimum atomic E-state index is -4.98. The SMILES string of the molecule is O=C(COc1cc(C(F)(F)F)cc(C(F)(F)F)c1)NC1CCN(CCc2ccccc2)CC1. The van der Waals surface area contributed by atoms with E-state index >= 15 is 0 Å². The van der Waals surface area contributed by atoms with Crippen LogP contribution in [-0.2, 0) is 23.6 Å². The fourth-order valence-electron chi connectivity index (χ4n) is 3.66. The fourth-order valence-corrected chi connectivity index (χ4v) is 3.66. The molecule has 2 aromatic rings. The lowest BCUT2D eigenvalue weighted by molar-refractivity contribution is -0.143. The first-order valence-corrected chi connectivity index (χ1v) is 10.5. The van der Waals surface area contributed by atoms with Crippen LogP contribution in [0.3, 0.4) is 0 Å². The fraction of sp³-hybridized carbons (Fsp3) is 0.435. The molecule has 0 aliphatic carbocycles. The Morgan fingerprint density at radius 2 is 1.52 bits per heavy atom. The number of benzene rings is 2. The van der Waals surface area contributed by atoms with Gasteiger partial charge in [0.05, 0.1) is 11.1 Å². The highest BCUT2D eigenvalue weighted by Crippen LogP contribution is 2.38. The Balaban J connectivity index is 1.47. The molecule has 0 unspecified atom stereocenters. The van der Waals surface area contributed by atoms with Gasteiger partial charge in [-0.25, -0.2) is 0 Å². The van der Waals surface area contributed by atoms with E-state index in [0.717, 1.165) is 26.1 Å². The highest BCUT2D eigenvalue weighted by atomic mass is 19.4. The molecule has 0 radical (unpaired) electrons. The molecule has 0 atom stereocenters. The molecule has 1 saturated heterocycles. The molecule has 0 spiro atoms. The molecule has 1 aliphatic heterocycles. The van der Waals surface area contributed by atoms with Crippen molar-refractivity contribution in [3.05, 3.63) is 65.2 Å². The molecule has 0 bridgehead atoms. The van der Waals surface area contributed by atoms with E-state index in [1.54, 1.807) is 0 Å². The van der Waals surface area contributed by atoms with Crippen LogP contribution < -0.4 is 10.1 Å². The predicted molar refractivity (Wildman–Crippen MR) is 110 cm³/mol. The van der Waals surface area contributed by atoms with E-state index in [-0.39, 0.29) is 12.1 Å². The van der Waals surface area contributed by atoms with Crippen LogP contribution in [0.2, 0.25) is 0 Å². The molecular weight excluding hydrogens is 450 g/mol. The Kier molecular flexibility index (Phi) is 7.88. The molecule has 1 aliphatic rings. The molecule has 0 saturated carbocycles. The number of nitrogens with zero attached hydrogens (tertiary/aromatic N) is 1. The Morgan fingerprint density at radius 1 is 0.939 bits per heavy atom. The minimum Gasteiger partial charge on any atom is -0.484 e. The van der Waals surface area contributed by atoms with Crippen LogP contribution in [0.25, 0.3) is 0 Å². The Bertz CT molecular complexity index is 891. The molecule has 3 rings (SSSR count). The van der Waals surface area contributed by atoms with Gasteiger partial charge in [-0.2, -0.15) is 26.3 Å². The van der Waals surface area contributed by atoms with Crippen molar-refractivity contribution in [1.82, 2.24) is 10.2 Å². The maximum atomic E-state index is 12.9. The number of rotatable bonds is 7. The van der Waals surface area contributed by atoms with Gasteiger partial charge in [0.1, 0.15) is 5.75 Å². The van der Waals surface area contributed by atoms with Crippen LogP contribution in [0.5, 0.6) is 5.75 Å². The summed E-state index contributed by atoms with van der Waals surface area (Å²) in [5.74, 6) is -1.26. The number of likely N-dealkylation sites (tertiary alicyclic amines) is 1. The topological polar surface area (TPSA) is 41.6 Å². The summed E-state index contributed by atoms with van der Waals surface area (Å²) < 4.78 is 82.5. The maximum absolute atomic E-state index is 12.9. The summed E-state index contributed by atoms with van der Waals surface area (Å²) in [4.78, 5) is 14.4. The third kappa shape index (κ3) is 7.66. The summed E-state index contributed by atoms with van der Waals surface area (Å²) in [5, 5.41) is 2.74. The van der Waals surface area contributed by atoms with Gasteiger partial charge in [0.25, 0.3) is 5.91 Å². The van der Waals surface area contributed by atoms with Gasteiger partial charge in [-0.3, -0.25) is 4.79 Å². The number of halogens is 6. The van der Waals surface area contributed by atoms with Crippen molar-refractivity contribution in [3.8, 4) is 5.75 Å². The summed E-state index contributed by atoms with van der Waals surface area (Å²) in [6.45, 7) is 1.78. The highest BCUT2D eigenvalue weighted by molar-refractivity contribution is 5.77. The zero-order chi connectivity index (χ0) is 24.1. The van der Waals surface area contributed by atoms with Crippen molar-refractivity contribution in [2.45, 2.75) is 37.7 Å². The first-order chi connectivity index (χ1) is 15.5. The van der Waals surface area contributed by atoms with E-state index in [2.05, 4.69) is 22.3 Å². The Morgan fingerprint density at radius 3 is 2.06 bits per heavy atom. The van der Waals surface area contributed by atoms with Crippen LogP contribution >= 0.6 is 0 Å². The maximum Gasteiger partial charge on any atom is 0.416 e. The third-order valence-corrected chi connectivity index (χ3v) is 5.44. The van der Waals surface area contributed by atoms with Crippen LogP contribution in [0.15, 0.2) is 48.5 Å². The quantitative estimate of drug-likeness (QED) is 0.579. The molecule has 4 nitrogen and oxygen atoms in total. The number of hydrogen-bond acceptors (Lipinski definition) is 3. The molecule has 10 heteroatoms. The van der Waals surface area contributed by atoms with Crippen LogP contribution in [-0.4, -0.2) is 43.1 Å². The smallest absolute Gasteiger partial charge is 0.416 e. The van der Waals surface area contributed by atoms with E-state index < -0.39 is 41.7 Å². The molecule has 2 aromatic carbocycles. The van der Waals surface area contributed by atoms with Gasteiger partial charge in [-0.15, -0.1) is 0 Å². The number of carbonyl (C=O) groups is 1. The summed E-state index contributed by atoms with van der Waals surface area (Å²) in [7, 11) is 0. The van der Waals surface area contributed by atoms with Crippen molar-refractivity contribution in [1.29, 1.82) is 0 Å². The second-order valence-electron chi connectivity index (χ2n) is 7.95. The Hall–Kier alpha value is -2.75. The van der Waals surface area contributed by atoms with E-state index in [9.17, 15) is 31.1 Å². The third-order valence-electron chi connectivity index (χ3n) is 5.44. The van der Waals surface area contributed by atoms with Crippen molar-refractivity contribution in [2.24, 2.45) is 0 Å². The number of nitrogens with one attached hydrogen (secondary N) is 1. The zero-order valence-electron chi connectivity index (χ0n) is 17.7. The second kappa shape index (κ2) is 10.5. The number of alkyl halides is 6.